The number of carbonyl (C=O) groups is 1. The fraction of sp³-hybridized carbons (Fsp3) is 0.944. The van der Waals surface area contributed by atoms with Crippen LogP contribution in [0.15, 0.2) is 0 Å². The largest absolute Gasteiger partial charge is 0.369 e. The molecule has 0 saturated heterocycles. The molecule has 0 aromatic heterocycles. The lowest BCUT2D eigenvalue weighted by Gasteiger charge is -2.45. The minimum Gasteiger partial charge on any atom is -0.369 e. The third-order valence-corrected chi connectivity index (χ3v) is 4.55. The number of hydrogen-bond acceptors (Lipinski definition) is 2. The molecule has 0 aromatic rings. The molecule has 0 fully saturated rings. The molecule has 0 radical (unpaired) electrons. The number of rotatable bonds is 13. The van der Waals surface area contributed by atoms with Crippen LogP contribution in [0.4, 0.5) is 0 Å². The Morgan fingerprint density at radius 2 is 1.38 bits per heavy atom. The minimum absolute atomic E-state index is 0.0816. The van der Waals surface area contributed by atoms with E-state index in [4.69, 9.17) is 5.73 Å². The Labute approximate surface area is 132 Å². The van der Waals surface area contributed by atoms with Crippen LogP contribution in [0, 0.1) is 5.41 Å². The van der Waals surface area contributed by atoms with E-state index >= 15 is 0 Å². The Morgan fingerprint density at radius 1 is 0.905 bits per heavy atom. The third kappa shape index (κ3) is 5.61. The molecule has 0 saturated carbocycles. The molecule has 1 amide bonds. The summed E-state index contributed by atoms with van der Waals surface area (Å²) in [7, 11) is 0. The maximum atomic E-state index is 12.4. The zero-order valence-electron chi connectivity index (χ0n) is 15.1. The van der Waals surface area contributed by atoms with Gasteiger partial charge in [0.25, 0.3) is 0 Å². The lowest BCUT2D eigenvalue weighted by molar-refractivity contribution is -0.134. The molecule has 1 atom stereocenters. The van der Waals surface area contributed by atoms with Crippen molar-refractivity contribution in [3.05, 3.63) is 0 Å². The van der Waals surface area contributed by atoms with Crippen LogP contribution in [0.3, 0.4) is 0 Å². The van der Waals surface area contributed by atoms with E-state index in [-0.39, 0.29) is 11.3 Å². The molecule has 21 heavy (non-hydrogen) atoms. The highest BCUT2D eigenvalue weighted by Gasteiger charge is 2.44. The van der Waals surface area contributed by atoms with E-state index in [0.717, 1.165) is 64.5 Å². The molecule has 0 aliphatic rings. The Balaban J connectivity index is 5.58. The smallest absolute Gasteiger partial charge is 0.225 e. The zero-order valence-corrected chi connectivity index (χ0v) is 15.1. The van der Waals surface area contributed by atoms with Gasteiger partial charge in [-0.3, -0.25) is 9.69 Å². The van der Waals surface area contributed by atoms with Crippen molar-refractivity contribution in [3.63, 3.8) is 0 Å². The van der Waals surface area contributed by atoms with E-state index in [9.17, 15) is 4.79 Å². The van der Waals surface area contributed by atoms with Crippen LogP contribution < -0.4 is 5.73 Å². The Hall–Kier alpha value is -0.570. The van der Waals surface area contributed by atoms with Crippen molar-refractivity contribution in [1.29, 1.82) is 0 Å². The number of primary amides is 1. The number of amides is 1. The first-order valence-electron chi connectivity index (χ1n) is 9.07. The van der Waals surface area contributed by atoms with Crippen molar-refractivity contribution in [2.24, 2.45) is 11.1 Å². The van der Waals surface area contributed by atoms with Crippen molar-refractivity contribution >= 4 is 5.91 Å². The highest BCUT2D eigenvalue weighted by molar-refractivity contribution is 5.81. The first-order valence-corrected chi connectivity index (χ1v) is 9.07. The van der Waals surface area contributed by atoms with Crippen LogP contribution in [-0.2, 0) is 4.79 Å². The van der Waals surface area contributed by atoms with Gasteiger partial charge >= 0.3 is 0 Å². The predicted molar refractivity (Wildman–Crippen MR) is 92.3 cm³/mol. The average molecular weight is 299 g/mol. The van der Waals surface area contributed by atoms with Gasteiger partial charge < -0.3 is 5.73 Å². The maximum Gasteiger partial charge on any atom is 0.225 e. The minimum atomic E-state index is -0.343. The second-order valence-electron chi connectivity index (χ2n) is 6.36. The Morgan fingerprint density at radius 3 is 1.67 bits per heavy atom. The first kappa shape index (κ1) is 20.4. The van der Waals surface area contributed by atoms with Gasteiger partial charge in [0.05, 0.1) is 5.41 Å². The summed E-state index contributed by atoms with van der Waals surface area (Å²) in [6.45, 7) is 13.1. The quantitative estimate of drug-likeness (QED) is 0.549. The van der Waals surface area contributed by atoms with Gasteiger partial charge in [0.15, 0.2) is 0 Å². The maximum absolute atomic E-state index is 12.4. The van der Waals surface area contributed by atoms with E-state index in [1.54, 1.807) is 0 Å². The van der Waals surface area contributed by atoms with Crippen LogP contribution in [0.25, 0.3) is 0 Å². The number of carbonyl (C=O) groups excluding carboxylic acids is 1. The van der Waals surface area contributed by atoms with E-state index in [2.05, 4.69) is 39.5 Å². The summed E-state index contributed by atoms with van der Waals surface area (Å²) in [5.74, 6) is -0.0816. The molecule has 126 valence electrons. The first-order chi connectivity index (χ1) is 10.0. The fourth-order valence-electron chi connectivity index (χ4n) is 3.84. The summed E-state index contributed by atoms with van der Waals surface area (Å²) in [6.07, 6.45) is 8.33. The summed E-state index contributed by atoms with van der Waals surface area (Å²) in [5.41, 5.74) is 5.60. The van der Waals surface area contributed by atoms with Crippen LogP contribution in [0.1, 0.15) is 86.0 Å². The number of nitrogens with zero attached hydrogens (tertiary/aromatic N) is 1. The van der Waals surface area contributed by atoms with Crippen molar-refractivity contribution in [2.45, 2.75) is 92.0 Å². The predicted octanol–water partition coefficient (Wildman–Crippen LogP) is 4.35. The average Bonchev–Trinajstić information content (AvgIpc) is 2.44. The van der Waals surface area contributed by atoms with Crippen LogP contribution in [0.5, 0.6) is 0 Å². The molecule has 0 rings (SSSR count). The molecular formula is C18H38N2O. The Kier molecular flexibility index (Phi) is 10.8. The third-order valence-electron chi connectivity index (χ3n) is 4.55. The van der Waals surface area contributed by atoms with E-state index in [1.807, 2.05) is 0 Å². The highest BCUT2D eigenvalue weighted by atomic mass is 16.1. The second-order valence-corrected chi connectivity index (χ2v) is 6.36. The molecule has 3 nitrogen and oxygen atoms in total. The molecule has 0 aromatic carbocycles. The second kappa shape index (κ2) is 11.1. The molecular weight excluding hydrogens is 260 g/mol. The summed E-state index contributed by atoms with van der Waals surface area (Å²) in [5, 5.41) is 0. The molecule has 0 aliphatic carbocycles. The van der Waals surface area contributed by atoms with Crippen LogP contribution >= 0.6 is 0 Å². The molecule has 0 bridgehead atoms. The molecule has 1 unspecified atom stereocenters. The van der Waals surface area contributed by atoms with Gasteiger partial charge in [-0.05, 0) is 45.2 Å². The van der Waals surface area contributed by atoms with Gasteiger partial charge in [-0.15, -0.1) is 0 Å². The highest BCUT2D eigenvalue weighted by Crippen LogP contribution is 2.39. The molecule has 0 aliphatic heterocycles. The van der Waals surface area contributed by atoms with Gasteiger partial charge in [0, 0.05) is 6.04 Å². The lowest BCUT2D eigenvalue weighted by atomic mass is 9.70. The van der Waals surface area contributed by atoms with Crippen molar-refractivity contribution < 1.29 is 4.79 Å². The van der Waals surface area contributed by atoms with Gasteiger partial charge in [-0.2, -0.15) is 0 Å². The molecule has 2 N–H and O–H groups in total. The van der Waals surface area contributed by atoms with Gasteiger partial charge in [0.1, 0.15) is 0 Å². The zero-order chi connectivity index (χ0) is 16.3. The molecule has 0 spiro atoms. The normalized spacial score (nSPS) is 13.6. The van der Waals surface area contributed by atoms with Gasteiger partial charge in [0.2, 0.25) is 5.91 Å². The summed E-state index contributed by atoms with van der Waals surface area (Å²) in [6, 6.07) is 0.305. The summed E-state index contributed by atoms with van der Waals surface area (Å²) < 4.78 is 0. The van der Waals surface area contributed by atoms with Crippen LogP contribution in [-0.4, -0.2) is 29.9 Å². The van der Waals surface area contributed by atoms with Crippen molar-refractivity contribution in [2.75, 3.05) is 13.1 Å². The SMILES string of the molecule is CCCC(N(CCC)CCC)C(CCC)(CCC)C(N)=O. The van der Waals surface area contributed by atoms with Crippen molar-refractivity contribution in [1.82, 2.24) is 4.90 Å². The summed E-state index contributed by atoms with van der Waals surface area (Å²) >= 11 is 0. The van der Waals surface area contributed by atoms with Crippen molar-refractivity contribution in [3.8, 4) is 0 Å². The van der Waals surface area contributed by atoms with E-state index < -0.39 is 0 Å². The monoisotopic (exact) mass is 298 g/mol. The molecule has 3 heteroatoms. The summed E-state index contributed by atoms with van der Waals surface area (Å²) in [4.78, 5) is 15.0. The van der Waals surface area contributed by atoms with Gasteiger partial charge in [-0.1, -0.05) is 53.9 Å². The van der Waals surface area contributed by atoms with E-state index in [1.165, 1.54) is 0 Å². The number of hydrogen-bond donors (Lipinski definition) is 1. The standard InChI is InChI=1S/C18H38N2O/c1-6-11-16(20(14-9-4)15-10-5)18(12-7-2,13-8-3)17(19)21/h16H,6-15H2,1-5H3,(H2,19,21). The Bertz CT molecular complexity index is 266. The van der Waals surface area contributed by atoms with Gasteiger partial charge in [-0.25, -0.2) is 0 Å². The number of nitrogens with two attached hydrogens (primary N) is 1. The van der Waals surface area contributed by atoms with Crippen LogP contribution in [0.2, 0.25) is 0 Å². The topological polar surface area (TPSA) is 46.3 Å². The van der Waals surface area contributed by atoms with E-state index in [0.29, 0.717) is 6.04 Å². The molecule has 0 heterocycles. The lowest BCUT2D eigenvalue weighted by Crippen LogP contribution is -2.55. The fourth-order valence-corrected chi connectivity index (χ4v) is 3.84.